The Morgan fingerprint density at radius 1 is 1.47 bits per heavy atom. The predicted octanol–water partition coefficient (Wildman–Crippen LogP) is 1.92. The molecule has 1 amide bonds. The van der Waals surface area contributed by atoms with Gasteiger partial charge in [-0.3, -0.25) is 14.8 Å². The van der Waals surface area contributed by atoms with Gasteiger partial charge in [0.25, 0.3) is 0 Å². The molecule has 1 aromatic rings. The molecule has 1 atom stereocenters. The molecule has 5 heteroatoms. The second-order valence-corrected chi connectivity index (χ2v) is 5.27. The standard InChI is InChI=1S/C14H21N3O2/c1-4-16-7-8-17(13(18)19)14(3,10-16)12-6-5-11(2)15-9-12/h5-6,9H,4,7-8,10H2,1-3H3,(H,18,19). The summed E-state index contributed by atoms with van der Waals surface area (Å²) in [7, 11) is 0. The molecule has 0 bridgehead atoms. The maximum Gasteiger partial charge on any atom is 0.408 e. The fourth-order valence-corrected chi connectivity index (χ4v) is 2.70. The summed E-state index contributed by atoms with van der Waals surface area (Å²) in [5.41, 5.74) is 1.37. The highest BCUT2D eigenvalue weighted by atomic mass is 16.4. The van der Waals surface area contributed by atoms with Crippen molar-refractivity contribution in [3.05, 3.63) is 29.6 Å². The van der Waals surface area contributed by atoms with Crippen LogP contribution in [0, 0.1) is 6.92 Å². The summed E-state index contributed by atoms with van der Waals surface area (Å²) >= 11 is 0. The molecule has 1 N–H and O–H groups in total. The van der Waals surface area contributed by atoms with Crippen molar-refractivity contribution in [2.24, 2.45) is 0 Å². The van der Waals surface area contributed by atoms with Crippen LogP contribution in [0.15, 0.2) is 18.3 Å². The van der Waals surface area contributed by atoms with Gasteiger partial charge in [0.1, 0.15) is 0 Å². The number of aromatic nitrogens is 1. The molecule has 2 heterocycles. The van der Waals surface area contributed by atoms with E-state index in [0.717, 1.165) is 24.3 Å². The molecule has 0 spiro atoms. The van der Waals surface area contributed by atoms with Crippen molar-refractivity contribution in [2.45, 2.75) is 26.3 Å². The van der Waals surface area contributed by atoms with E-state index >= 15 is 0 Å². The third-order valence-electron chi connectivity index (χ3n) is 3.98. The van der Waals surface area contributed by atoms with E-state index in [4.69, 9.17) is 0 Å². The van der Waals surface area contributed by atoms with Gasteiger partial charge in [0, 0.05) is 31.5 Å². The Labute approximate surface area is 113 Å². The fourth-order valence-electron chi connectivity index (χ4n) is 2.70. The zero-order valence-electron chi connectivity index (χ0n) is 11.8. The number of amides is 1. The van der Waals surface area contributed by atoms with Gasteiger partial charge in [0.15, 0.2) is 0 Å². The molecular weight excluding hydrogens is 242 g/mol. The Morgan fingerprint density at radius 2 is 2.21 bits per heavy atom. The van der Waals surface area contributed by atoms with Gasteiger partial charge in [-0.2, -0.15) is 0 Å². The number of piperazine rings is 1. The Kier molecular flexibility index (Phi) is 3.75. The van der Waals surface area contributed by atoms with Crippen LogP contribution in [-0.4, -0.2) is 52.2 Å². The topological polar surface area (TPSA) is 56.7 Å². The normalized spacial score (nSPS) is 24.5. The summed E-state index contributed by atoms with van der Waals surface area (Å²) < 4.78 is 0. The molecule has 1 aliphatic heterocycles. The monoisotopic (exact) mass is 263 g/mol. The molecule has 0 saturated carbocycles. The van der Waals surface area contributed by atoms with Crippen LogP contribution < -0.4 is 0 Å². The Hall–Kier alpha value is -1.62. The molecule has 1 aromatic heterocycles. The molecule has 104 valence electrons. The Bertz CT molecular complexity index is 460. The van der Waals surface area contributed by atoms with E-state index in [1.165, 1.54) is 4.90 Å². The molecule has 0 radical (unpaired) electrons. The van der Waals surface area contributed by atoms with Crippen LogP contribution in [0.1, 0.15) is 25.1 Å². The first-order valence-electron chi connectivity index (χ1n) is 6.63. The van der Waals surface area contributed by atoms with E-state index in [2.05, 4.69) is 16.8 Å². The van der Waals surface area contributed by atoms with Crippen molar-refractivity contribution in [1.82, 2.24) is 14.8 Å². The lowest BCUT2D eigenvalue weighted by Crippen LogP contribution is -2.60. The maximum absolute atomic E-state index is 11.5. The Morgan fingerprint density at radius 3 is 2.74 bits per heavy atom. The van der Waals surface area contributed by atoms with Gasteiger partial charge in [-0.15, -0.1) is 0 Å². The van der Waals surface area contributed by atoms with Gasteiger partial charge in [-0.05, 0) is 32.0 Å². The molecule has 1 unspecified atom stereocenters. The third kappa shape index (κ3) is 2.56. The third-order valence-corrected chi connectivity index (χ3v) is 3.98. The number of aryl methyl sites for hydroxylation is 1. The van der Waals surface area contributed by atoms with Crippen LogP contribution in [-0.2, 0) is 5.54 Å². The minimum absolute atomic E-state index is 0.527. The number of hydrogen-bond acceptors (Lipinski definition) is 3. The second kappa shape index (κ2) is 5.17. The lowest BCUT2D eigenvalue weighted by molar-refractivity contribution is 0.0153. The average molecular weight is 263 g/mol. The molecule has 5 nitrogen and oxygen atoms in total. The summed E-state index contributed by atoms with van der Waals surface area (Å²) in [6.45, 7) is 8.98. The minimum atomic E-state index is -0.862. The lowest BCUT2D eigenvalue weighted by Gasteiger charge is -2.47. The van der Waals surface area contributed by atoms with E-state index in [1.807, 2.05) is 26.0 Å². The van der Waals surface area contributed by atoms with Gasteiger partial charge in [-0.1, -0.05) is 13.0 Å². The van der Waals surface area contributed by atoms with Gasteiger partial charge >= 0.3 is 6.09 Å². The van der Waals surface area contributed by atoms with Gasteiger partial charge in [0.05, 0.1) is 5.54 Å². The molecule has 0 aromatic carbocycles. The largest absolute Gasteiger partial charge is 0.465 e. The molecule has 1 saturated heterocycles. The van der Waals surface area contributed by atoms with E-state index in [1.54, 1.807) is 6.20 Å². The molecule has 1 fully saturated rings. The van der Waals surface area contributed by atoms with Gasteiger partial charge in [0.2, 0.25) is 0 Å². The second-order valence-electron chi connectivity index (χ2n) is 5.27. The zero-order chi connectivity index (χ0) is 14.0. The minimum Gasteiger partial charge on any atom is -0.465 e. The summed E-state index contributed by atoms with van der Waals surface area (Å²) in [6.07, 6.45) is 0.934. The van der Waals surface area contributed by atoms with Crippen molar-refractivity contribution in [3.63, 3.8) is 0 Å². The number of hydrogen-bond donors (Lipinski definition) is 1. The average Bonchev–Trinajstić information content (AvgIpc) is 2.38. The molecular formula is C14H21N3O2. The first-order chi connectivity index (χ1) is 8.97. The quantitative estimate of drug-likeness (QED) is 0.885. The van der Waals surface area contributed by atoms with Crippen molar-refractivity contribution in [1.29, 1.82) is 0 Å². The van der Waals surface area contributed by atoms with Crippen LogP contribution in [0.25, 0.3) is 0 Å². The Balaban J connectivity index is 2.38. The molecule has 2 rings (SSSR count). The van der Waals surface area contributed by atoms with Crippen LogP contribution in [0.3, 0.4) is 0 Å². The number of likely N-dealkylation sites (N-methyl/N-ethyl adjacent to an activating group) is 1. The summed E-state index contributed by atoms with van der Waals surface area (Å²) in [5.74, 6) is 0. The number of carboxylic acid groups (broad SMARTS) is 1. The van der Waals surface area contributed by atoms with Crippen LogP contribution in [0.2, 0.25) is 0 Å². The molecule has 1 aliphatic rings. The summed E-state index contributed by atoms with van der Waals surface area (Å²) in [5, 5.41) is 9.44. The fraction of sp³-hybridized carbons (Fsp3) is 0.571. The highest BCUT2D eigenvalue weighted by Gasteiger charge is 2.41. The van der Waals surface area contributed by atoms with E-state index in [9.17, 15) is 9.90 Å². The highest BCUT2D eigenvalue weighted by Crippen LogP contribution is 2.32. The summed E-state index contributed by atoms with van der Waals surface area (Å²) in [4.78, 5) is 19.6. The van der Waals surface area contributed by atoms with Crippen molar-refractivity contribution in [2.75, 3.05) is 26.2 Å². The maximum atomic E-state index is 11.5. The van der Waals surface area contributed by atoms with Crippen LogP contribution in [0.4, 0.5) is 4.79 Å². The number of carbonyl (C=O) groups is 1. The van der Waals surface area contributed by atoms with E-state index < -0.39 is 11.6 Å². The van der Waals surface area contributed by atoms with Gasteiger partial charge < -0.3 is 5.11 Å². The van der Waals surface area contributed by atoms with E-state index in [0.29, 0.717) is 13.1 Å². The zero-order valence-corrected chi connectivity index (χ0v) is 11.8. The van der Waals surface area contributed by atoms with E-state index in [-0.39, 0.29) is 0 Å². The highest BCUT2D eigenvalue weighted by molar-refractivity contribution is 5.67. The van der Waals surface area contributed by atoms with Gasteiger partial charge in [-0.25, -0.2) is 4.79 Å². The van der Waals surface area contributed by atoms with Crippen LogP contribution >= 0.6 is 0 Å². The predicted molar refractivity (Wildman–Crippen MR) is 73.2 cm³/mol. The first kappa shape index (κ1) is 13.8. The van der Waals surface area contributed by atoms with Crippen molar-refractivity contribution in [3.8, 4) is 0 Å². The smallest absolute Gasteiger partial charge is 0.408 e. The number of nitrogens with zero attached hydrogens (tertiary/aromatic N) is 3. The SMILES string of the molecule is CCN1CCN(C(=O)O)C(C)(c2ccc(C)nc2)C1. The summed E-state index contributed by atoms with van der Waals surface area (Å²) in [6, 6.07) is 3.92. The number of pyridine rings is 1. The number of rotatable bonds is 2. The first-order valence-corrected chi connectivity index (χ1v) is 6.63. The van der Waals surface area contributed by atoms with Crippen molar-refractivity contribution >= 4 is 6.09 Å². The van der Waals surface area contributed by atoms with Crippen molar-refractivity contribution < 1.29 is 9.90 Å². The molecule has 0 aliphatic carbocycles. The molecule has 19 heavy (non-hydrogen) atoms. The lowest BCUT2D eigenvalue weighted by atomic mass is 9.88. The van der Waals surface area contributed by atoms with Crippen LogP contribution in [0.5, 0.6) is 0 Å².